The molecule has 0 heterocycles. The Kier molecular flexibility index (Phi) is 59.7. The standard InChI is InChI=1S/C67H122O6/c1-4-7-10-13-16-19-22-25-27-29-31-32-33-34-35-36-38-39-42-45-48-51-54-57-60-66(69)72-63-64(62-71-65(68)59-56-53-50-47-44-41-24-21-18-15-12-9-6-3)73-67(70)61-58-55-52-49-46-43-40-37-30-28-26-23-20-17-14-11-8-5-2/h9,12,18,21,28,30,41,44,64H,4-8,10-11,13-17,19-20,22-27,29,31-40,42-43,45-63H2,1-3H3/b12-9-,21-18-,30-28-,44-41-. The van der Waals surface area contributed by atoms with E-state index in [0.29, 0.717) is 19.3 Å². The SMILES string of the molecule is CC/C=C\C/C=C\C/C=C\CCCCCC(=O)OCC(COC(=O)CCCCCCCCCCCCCCCCCCCCCCCCCC)OC(=O)CCCCCCCCC/C=C\CCCCCCCCC. The van der Waals surface area contributed by atoms with Crippen LogP contribution in [0.25, 0.3) is 0 Å². The van der Waals surface area contributed by atoms with Crippen LogP contribution in [0.5, 0.6) is 0 Å². The minimum atomic E-state index is -0.786. The zero-order valence-corrected chi connectivity index (χ0v) is 48.9. The largest absolute Gasteiger partial charge is 0.462 e. The molecule has 0 saturated carbocycles. The van der Waals surface area contributed by atoms with Crippen molar-refractivity contribution in [2.75, 3.05) is 13.2 Å². The maximum Gasteiger partial charge on any atom is 0.306 e. The van der Waals surface area contributed by atoms with E-state index in [-0.39, 0.29) is 31.1 Å². The average Bonchev–Trinajstić information content (AvgIpc) is 3.39. The highest BCUT2D eigenvalue weighted by Gasteiger charge is 2.19. The fourth-order valence-corrected chi connectivity index (χ4v) is 9.51. The first-order chi connectivity index (χ1) is 36.0. The van der Waals surface area contributed by atoms with Gasteiger partial charge in [0, 0.05) is 19.3 Å². The van der Waals surface area contributed by atoms with Crippen molar-refractivity contribution >= 4 is 17.9 Å². The molecular weight excluding hydrogens is 901 g/mol. The van der Waals surface area contributed by atoms with Crippen LogP contribution in [0.3, 0.4) is 0 Å². The zero-order chi connectivity index (χ0) is 52.9. The molecule has 0 radical (unpaired) electrons. The second kappa shape index (κ2) is 61.9. The van der Waals surface area contributed by atoms with Gasteiger partial charge in [-0.05, 0) is 77.0 Å². The summed E-state index contributed by atoms with van der Waals surface area (Å²) in [6.07, 6.45) is 77.0. The van der Waals surface area contributed by atoms with Gasteiger partial charge in [0.2, 0.25) is 0 Å². The summed E-state index contributed by atoms with van der Waals surface area (Å²) < 4.78 is 16.9. The van der Waals surface area contributed by atoms with Gasteiger partial charge in [0.1, 0.15) is 13.2 Å². The molecule has 0 aliphatic carbocycles. The van der Waals surface area contributed by atoms with E-state index in [4.69, 9.17) is 14.2 Å². The summed E-state index contributed by atoms with van der Waals surface area (Å²) in [6.45, 7) is 6.55. The van der Waals surface area contributed by atoms with Crippen LogP contribution in [-0.4, -0.2) is 37.2 Å². The molecule has 0 spiro atoms. The smallest absolute Gasteiger partial charge is 0.306 e. The Labute approximate surface area is 454 Å². The Balaban J connectivity index is 4.27. The van der Waals surface area contributed by atoms with Crippen molar-refractivity contribution in [3.8, 4) is 0 Å². The molecule has 0 aromatic carbocycles. The van der Waals surface area contributed by atoms with E-state index in [2.05, 4.69) is 69.4 Å². The third-order valence-electron chi connectivity index (χ3n) is 14.3. The number of allylic oxidation sites excluding steroid dienone is 8. The first-order valence-electron chi connectivity index (χ1n) is 32.1. The van der Waals surface area contributed by atoms with Gasteiger partial charge in [0.25, 0.3) is 0 Å². The minimum Gasteiger partial charge on any atom is -0.462 e. The van der Waals surface area contributed by atoms with Gasteiger partial charge in [-0.3, -0.25) is 14.4 Å². The van der Waals surface area contributed by atoms with Crippen molar-refractivity contribution in [2.45, 2.75) is 348 Å². The van der Waals surface area contributed by atoms with Gasteiger partial charge < -0.3 is 14.2 Å². The van der Waals surface area contributed by atoms with E-state index < -0.39 is 6.10 Å². The minimum absolute atomic E-state index is 0.0808. The molecule has 0 aliphatic rings. The second-order valence-corrected chi connectivity index (χ2v) is 21.6. The number of rotatable bonds is 59. The highest BCUT2D eigenvalue weighted by molar-refractivity contribution is 5.71. The number of hydrogen-bond donors (Lipinski definition) is 0. The zero-order valence-electron chi connectivity index (χ0n) is 48.9. The molecule has 6 heteroatoms. The highest BCUT2D eigenvalue weighted by Crippen LogP contribution is 2.18. The van der Waals surface area contributed by atoms with E-state index in [1.807, 2.05) is 0 Å². The molecule has 6 nitrogen and oxygen atoms in total. The Morgan fingerprint density at radius 2 is 0.534 bits per heavy atom. The van der Waals surface area contributed by atoms with Crippen LogP contribution in [0.1, 0.15) is 342 Å². The van der Waals surface area contributed by atoms with Crippen molar-refractivity contribution in [3.05, 3.63) is 48.6 Å². The Morgan fingerprint density at radius 1 is 0.288 bits per heavy atom. The van der Waals surface area contributed by atoms with E-state index in [1.165, 1.54) is 218 Å². The molecule has 0 amide bonds. The second-order valence-electron chi connectivity index (χ2n) is 21.6. The van der Waals surface area contributed by atoms with Crippen LogP contribution in [0.4, 0.5) is 0 Å². The van der Waals surface area contributed by atoms with Crippen LogP contribution in [-0.2, 0) is 28.6 Å². The summed E-state index contributed by atoms with van der Waals surface area (Å²) in [5, 5.41) is 0. The van der Waals surface area contributed by atoms with Crippen LogP contribution in [0, 0.1) is 0 Å². The van der Waals surface area contributed by atoms with Crippen LogP contribution in [0.15, 0.2) is 48.6 Å². The number of esters is 3. The van der Waals surface area contributed by atoms with Crippen molar-refractivity contribution in [1.29, 1.82) is 0 Å². The lowest BCUT2D eigenvalue weighted by atomic mass is 10.0. The maximum atomic E-state index is 12.9. The van der Waals surface area contributed by atoms with Crippen molar-refractivity contribution in [2.24, 2.45) is 0 Å². The summed E-state index contributed by atoms with van der Waals surface area (Å²) >= 11 is 0. The molecule has 1 atom stereocenters. The molecule has 73 heavy (non-hydrogen) atoms. The first kappa shape index (κ1) is 70.4. The van der Waals surface area contributed by atoms with Gasteiger partial charge in [-0.2, -0.15) is 0 Å². The van der Waals surface area contributed by atoms with Gasteiger partial charge in [-0.15, -0.1) is 0 Å². The van der Waals surface area contributed by atoms with Crippen molar-refractivity contribution in [3.63, 3.8) is 0 Å². The van der Waals surface area contributed by atoms with Crippen LogP contribution < -0.4 is 0 Å². The average molecular weight is 1020 g/mol. The summed E-state index contributed by atoms with van der Waals surface area (Å²) in [4.78, 5) is 38.3. The van der Waals surface area contributed by atoms with E-state index >= 15 is 0 Å². The molecule has 426 valence electrons. The molecule has 0 aromatic heterocycles. The monoisotopic (exact) mass is 1020 g/mol. The Morgan fingerprint density at radius 3 is 0.863 bits per heavy atom. The lowest BCUT2D eigenvalue weighted by Gasteiger charge is -2.18. The topological polar surface area (TPSA) is 78.9 Å². The highest BCUT2D eigenvalue weighted by atomic mass is 16.6. The van der Waals surface area contributed by atoms with Gasteiger partial charge in [-0.25, -0.2) is 0 Å². The molecule has 1 unspecified atom stereocenters. The lowest BCUT2D eigenvalue weighted by Crippen LogP contribution is -2.30. The number of ether oxygens (including phenoxy) is 3. The molecule has 0 bridgehead atoms. The quantitative estimate of drug-likeness (QED) is 0.0261. The fourth-order valence-electron chi connectivity index (χ4n) is 9.51. The van der Waals surface area contributed by atoms with Crippen LogP contribution in [0.2, 0.25) is 0 Å². The van der Waals surface area contributed by atoms with Gasteiger partial charge in [0.15, 0.2) is 6.10 Å². The first-order valence-corrected chi connectivity index (χ1v) is 32.1. The summed E-state index contributed by atoms with van der Waals surface area (Å²) in [6, 6.07) is 0. The number of unbranched alkanes of at least 4 members (excludes halogenated alkanes) is 40. The summed E-state index contributed by atoms with van der Waals surface area (Å²) in [5.74, 6) is -0.896. The van der Waals surface area contributed by atoms with E-state index in [9.17, 15) is 14.4 Å². The van der Waals surface area contributed by atoms with E-state index in [1.54, 1.807) is 0 Å². The Bertz CT molecular complexity index is 1270. The molecule has 0 N–H and O–H groups in total. The van der Waals surface area contributed by atoms with Crippen molar-refractivity contribution in [1.82, 2.24) is 0 Å². The predicted molar refractivity (Wildman–Crippen MR) is 316 cm³/mol. The predicted octanol–water partition coefficient (Wildman–Crippen LogP) is 21.8. The third-order valence-corrected chi connectivity index (χ3v) is 14.3. The fraction of sp³-hybridized carbons (Fsp3) is 0.836. The van der Waals surface area contributed by atoms with Gasteiger partial charge in [0.05, 0.1) is 0 Å². The number of carbonyl (C=O) groups excluding carboxylic acids is 3. The molecule has 0 aromatic rings. The number of carbonyl (C=O) groups is 3. The third kappa shape index (κ3) is 60.1. The van der Waals surface area contributed by atoms with Gasteiger partial charge in [-0.1, -0.05) is 294 Å². The van der Waals surface area contributed by atoms with Crippen LogP contribution >= 0.6 is 0 Å². The molecule has 0 fully saturated rings. The summed E-state index contributed by atoms with van der Waals surface area (Å²) in [7, 11) is 0. The number of hydrogen-bond acceptors (Lipinski definition) is 6. The summed E-state index contributed by atoms with van der Waals surface area (Å²) in [5.41, 5.74) is 0. The lowest BCUT2D eigenvalue weighted by molar-refractivity contribution is -0.167. The van der Waals surface area contributed by atoms with E-state index in [0.717, 1.165) is 83.5 Å². The normalized spacial score (nSPS) is 12.3. The molecular formula is C67H122O6. The van der Waals surface area contributed by atoms with Crippen molar-refractivity contribution < 1.29 is 28.6 Å². The Hall–Kier alpha value is -2.63. The molecule has 0 rings (SSSR count). The molecule has 0 saturated heterocycles. The van der Waals surface area contributed by atoms with Gasteiger partial charge >= 0.3 is 17.9 Å². The molecule has 0 aliphatic heterocycles. The maximum absolute atomic E-state index is 12.9.